The minimum atomic E-state index is -4.76. The molecule has 1 unspecified atom stereocenters. The van der Waals surface area contributed by atoms with Gasteiger partial charge in [-0.15, -0.1) is 5.10 Å². The number of cyclic esters (lactones) is 1. The SMILES string of the molecule is COc1cc(F)c(-c2ccc(-c3nnc(N)o3)cc2C)cc1-c1ccc(C(F)(F)F)cc1[C@@H]1CCC2[C@@H](c3cc(C)cc(C(F)(F)F)c3)OC(=O)N21. The Morgan fingerprint density at radius 1 is 0.827 bits per heavy atom. The topological polar surface area (TPSA) is 104 Å². The van der Waals surface area contributed by atoms with Gasteiger partial charge < -0.3 is 19.6 Å². The molecule has 52 heavy (non-hydrogen) atoms. The molecule has 7 rings (SSSR count). The van der Waals surface area contributed by atoms with Crippen molar-refractivity contribution in [2.24, 2.45) is 0 Å². The minimum Gasteiger partial charge on any atom is -0.496 e. The van der Waals surface area contributed by atoms with Crippen molar-refractivity contribution in [1.29, 1.82) is 0 Å². The van der Waals surface area contributed by atoms with Gasteiger partial charge in [0.05, 0.1) is 30.3 Å². The standard InChI is InChI=1S/C37H29F7N4O4/c1-17-10-20(13-22(11-17)37(42,43)44)32-30-9-8-29(48(30)35(49)51-32)26-14-21(36(39,40)41)5-7-24(26)27-15-25(28(38)16-31(27)50-3)23-6-4-19(12-18(23)2)33-46-47-34(45)52-33/h4-7,10-16,29-30,32H,8-9H2,1-3H3,(H2,45,47)/t29-,30?,32+/m0/s1. The highest BCUT2D eigenvalue weighted by Gasteiger charge is 2.51. The fourth-order valence-electron chi connectivity index (χ4n) is 7.23. The van der Waals surface area contributed by atoms with Crippen molar-refractivity contribution in [3.05, 3.63) is 106 Å². The number of nitrogens with zero attached hydrogens (tertiary/aromatic N) is 3. The molecular formula is C37H29F7N4O4. The molecule has 2 fully saturated rings. The molecule has 0 aliphatic carbocycles. The number of hydrogen-bond acceptors (Lipinski definition) is 7. The third kappa shape index (κ3) is 6.17. The smallest absolute Gasteiger partial charge is 0.416 e. The van der Waals surface area contributed by atoms with Gasteiger partial charge in [0, 0.05) is 22.8 Å². The van der Waals surface area contributed by atoms with E-state index in [1.54, 1.807) is 25.1 Å². The second kappa shape index (κ2) is 12.6. The van der Waals surface area contributed by atoms with Crippen LogP contribution in [0, 0.1) is 19.7 Å². The first-order chi connectivity index (χ1) is 24.5. The lowest BCUT2D eigenvalue weighted by atomic mass is 9.88. The van der Waals surface area contributed by atoms with Gasteiger partial charge in [-0.25, -0.2) is 9.18 Å². The van der Waals surface area contributed by atoms with E-state index in [0.29, 0.717) is 22.3 Å². The molecule has 1 aromatic heterocycles. The number of aryl methyl sites for hydroxylation is 2. The van der Waals surface area contributed by atoms with Gasteiger partial charge in [0.25, 0.3) is 0 Å². The number of anilines is 1. The second-order valence-electron chi connectivity index (χ2n) is 12.8. The van der Waals surface area contributed by atoms with Crippen LogP contribution in [0.2, 0.25) is 0 Å². The number of ether oxygens (including phenoxy) is 2. The van der Waals surface area contributed by atoms with E-state index in [1.807, 2.05) is 0 Å². The van der Waals surface area contributed by atoms with E-state index in [9.17, 15) is 31.1 Å². The van der Waals surface area contributed by atoms with Crippen LogP contribution < -0.4 is 10.5 Å². The van der Waals surface area contributed by atoms with Gasteiger partial charge in [-0.05, 0) is 97.0 Å². The van der Waals surface area contributed by atoms with E-state index >= 15 is 4.39 Å². The first-order valence-corrected chi connectivity index (χ1v) is 16.0. The Hall–Kier alpha value is -5.60. The molecule has 8 nitrogen and oxygen atoms in total. The van der Waals surface area contributed by atoms with Crippen molar-refractivity contribution in [2.45, 2.75) is 57.2 Å². The molecule has 15 heteroatoms. The van der Waals surface area contributed by atoms with Crippen LogP contribution in [-0.4, -0.2) is 34.3 Å². The largest absolute Gasteiger partial charge is 0.496 e. The number of methoxy groups -OCH3 is 1. The highest BCUT2D eigenvalue weighted by atomic mass is 19.4. The highest BCUT2D eigenvalue weighted by Crippen LogP contribution is 2.51. The lowest BCUT2D eigenvalue weighted by molar-refractivity contribution is -0.138. The Balaban J connectivity index is 1.33. The minimum absolute atomic E-state index is 0.0220. The summed E-state index contributed by atoms with van der Waals surface area (Å²) >= 11 is 0. The van der Waals surface area contributed by atoms with Crippen LogP contribution in [0.4, 0.5) is 41.5 Å². The predicted octanol–water partition coefficient (Wildman–Crippen LogP) is 9.85. The molecule has 270 valence electrons. The number of nitrogen functional groups attached to an aromatic ring is 1. The van der Waals surface area contributed by atoms with Crippen molar-refractivity contribution in [1.82, 2.24) is 15.1 Å². The summed E-state index contributed by atoms with van der Waals surface area (Å²) in [5.41, 5.74) is 6.36. The molecule has 2 aliphatic rings. The second-order valence-corrected chi connectivity index (χ2v) is 12.8. The molecular weight excluding hydrogens is 697 g/mol. The fraction of sp³-hybridized carbons (Fsp3) is 0.270. The van der Waals surface area contributed by atoms with Gasteiger partial charge in [0.2, 0.25) is 5.89 Å². The number of halogens is 7. The number of benzene rings is 4. The Morgan fingerprint density at radius 3 is 2.21 bits per heavy atom. The highest BCUT2D eigenvalue weighted by molar-refractivity contribution is 5.83. The maximum atomic E-state index is 15.8. The summed E-state index contributed by atoms with van der Waals surface area (Å²) in [5.74, 6) is -0.498. The van der Waals surface area contributed by atoms with Crippen LogP contribution >= 0.6 is 0 Å². The van der Waals surface area contributed by atoms with E-state index in [-0.39, 0.29) is 58.3 Å². The fourth-order valence-corrected chi connectivity index (χ4v) is 7.23. The lowest BCUT2D eigenvalue weighted by Crippen LogP contribution is -2.31. The summed E-state index contributed by atoms with van der Waals surface area (Å²) in [6.45, 7) is 3.22. The third-order valence-electron chi connectivity index (χ3n) is 9.49. The number of amides is 1. The maximum Gasteiger partial charge on any atom is 0.416 e. The van der Waals surface area contributed by atoms with Crippen LogP contribution in [-0.2, 0) is 17.1 Å². The van der Waals surface area contributed by atoms with Crippen molar-refractivity contribution >= 4 is 12.1 Å². The number of hydrogen-bond donors (Lipinski definition) is 1. The summed E-state index contributed by atoms with van der Waals surface area (Å²) in [5, 5.41) is 7.52. The van der Waals surface area contributed by atoms with Crippen LogP contribution in [0.25, 0.3) is 33.7 Å². The number of fused-ring (bicyclic) bond motifs is 1. The molecule has 5 aromatic rings. The summed E-state index contributed by atoms with van der Waals surface area (Å²) in [4.78, 5) is 14.8. The van der Waals surface area contributed by atoms with Crippen molar-refractivity contribution < 1.29 is 49.4 Å². The van der Waals surface area contributed by atoms with Gasteiger partial charge in [-0.2, -0.15) is 26.3 Å². The number of aromatic nitrogens is 2. The molecule has 2 aliphatic heterocycles. The quantitative estimate of drug-likeness (QED) is 0.174. The average molecular weight is 727 g/mol. The van der Waals surface area contributed by atoms with Gasteiger partial charge in [0.15, 0.2) is 0 Å². The summed E-state index contributed by atoms with van der Waals surface area (Å²) in [6, 6.07) is 12.2. The molecule has 0 spiro atoms. The lowest BCUT2D eigenvalue weighted by Gasteiger charge is -2.26. The van der Waals surface area contributed by atoms with Gasteiger partial charge in [0.1, 0.15) is 17.7 Å². The molecule has 2 saturated heterocycles. The van der Waals surface area contributed by atoms with Gasteiger partial charge >= 0.3 is 24.5 Å². The molecule has 0 bridgehead atoms. The maximum absolute atomic E-state index is 15.8. The number of alkyl halides is 6. The summed E-state index contributed by atoms with van der Waals surface area (Å²) in [6.07, 6.45) is -11.0. The molecule has 0 radical (unpaired) electrons. The van der Waals surface area contributed by atoms with E-state index in [0.717, 1.165) is 30.3 Å². The molecule has 3 heterocycles. The number of carbonyl (C=O) groups is 1. The Morgan fingerprint density at radius 2 is 1.56 bits per heavy atom. The number of rotatable bonds is 6. The Labute approximate surface area is 292 Å². The first-order valence-electron chi connectivity index (χ1n) is 16.0. The molecule has 2 N–H and O–H groups in total. The van der Waals surface area contributed by atoms with E-state index < -0.39 is 53.6 Å². The zero-order valence-electron chi connectivity index (χ0n) is 27.7. The Bertz CT molecular complexity index is 2220. The van der Waals surface area contributed by atoms with Crippen LogP contribution in [0.15, 0.2) is 71.1 Å². The molecule has 3 atom stereocenters. The van der Waals surface area contributed by atoms with Crippen LogP contribution in [0.1, 0.15) is 58.4 Å². The molecule has 4 aromatic carbocycles. The third-order valence-corrected chi connectivity index (χ3v) is 9.49. The predicted molar refractivity (Wildman–Crippen MR) is 174 cm³/mol. The normalized spacial score (nSPS) is 18.8. The van der Waals surface area contributed by atoms with Crippen LogP contribution in [0.3, 0.4) is 0 Å². The van der Waals surface area contributed by atoms with E-state index in [4.69, 9.17) is 19.6 Å². The van der Waals surface area contributed by atoms with Gasteiger partial charge in [-0.3, -0.25) is 4.90 Å². The van der Waals surface area contributed by atoms with Crippen molar-refractivity contribution in [2.75, 3.05) is 12.8 Å². The molecule has 0 saturated carbocycles. The average Bonchev–Trinajstić information content (AvgIpc) is 3.80. The number of carbonyl (C=O) groups excluding carboxylic acids is 1. The Kier molecular flexibility index (Phi) is 8.42. The zero-order chi connectivity index (χ0) is 37.3. The molecule has 1 amide bonds. The van der Waals surface area contributed by atoms with Gasteiger partial charge in [-0.1, -0.05) is 28.9 Å². The zero-order valence-corrected chi connectivity index (χ0v) is 27.7. The monoisotopic (exact) mass is 726 g/mol. The first kappa shape index (κ1) is 34.8. The van der Waals surface area contributed by atoms with E-state index in [2.05, 4.69) is 10.2 Å². The van der Waals surface area contributed by atoms with Crippen molar-refractivity contribution in [3.63, 3.8) is 0 Å². The van der Waals surface area contributed by atoms with Crippen LogP contribution in [0.5, 0.6) is 5.75 Å². The summed E-state index contributed by atoms with van der Waals surface area (Å²) in [7, 11) is 1.29. The summed E-state index contributed by atoms with van der Waals surface area (Å²) < 4.78 is 116. The van der Waals surface area contributed by atoms with Crippen molar-refractivity contribution in [3.8, 4) is 39.5 Å². The number of nitrogens with two attached hydrogens (primary N) is 1. The van der Waals surface area contributed by atoms with E-state index in [1.165, 1.54) is 37.1 Å².